The Morgan fingerprint density at radius 3 is 2.32 bits per heavy atom. The van der Waals surface area contributed by atoms with Gasteiger partial charge < -0.3 is 4.74 Å². The molecule has 0 saturated heterocycles. The minimum atomic E-state index is -0.836. The maximum Gasteiger partial charge on any atom is 0.323 e. The van der Waals surface area contributed by atoms with Crippen LogP contribution in [0.4, 0.5) is 0 Å². The van der Waals surface area contributed by atoms with Crippen LogP contribution in [0.2, 0.25) is 0 Å². The molecule has 19 heavy (non-hydrogen) atoms. The number of esters is 1. The van der Waals surface area contributed by atoms with E-state index in [1.807, 2.05) is 31.3 Å². The Morgan fingerprint density at radius 1 is 1.37 bits per heavy atom. The van der Waals surface area contributed by atoms with Crippen molar-refractivity contribution in [1.82, 2.24) is 4.67 Å². The van der Waals surface area contributed by atoms with E-state index in [0.717, 1.165) is 11.1 Å². The first-order chi connectivity index (χ1) is 8.93. The zero-order chi connectivity index (χ0) is 14.4. The topological polar surface area (TPSA) is 46.6 Å². The Morgan fingerprint density at radius 2 is 1.89 bits per heavy atom. The fourth-order valence-corrected chi connectivity index (χ4v) is 2.65. The first kappa shape index (κ1) is 16.3. The largest absolute Gasteiger partial charge is 0.468 e. The summed E-state index contributed by atoms with van der Waals surface area (Å²) in [5.41, 5.74) is 2.09. The van der Waals surface area contributed by atoms with E-state index >= 15 is 0 Å². The molecule has 0 amide bonds. The maximum absolute atomic E-state index is 11.7. The van der Waals surface area contributed by atoms with Crippen molar-refractivity contribution in [3.63, 3.8) is 0 Å². The van der Waals surface area contributed by atoms with Gasteiger partial charge in [0.15, 0.2) is 0 Å². The van der Waals surface area contributed by atoms with Gasteiger partial charge in [0.1, 0.15) is 6.04 Å². The minimum absolute atomic E-state index is 0.253. The van der Waals surface area contributed by atoms with E-state index in [0.29, 0.717) is 12.2 Å². The maximum atomic E-state index is 11.7. The van der Waals surface area contributed by atoms with E-state index in [2.05, 4.69) is 9.39 Å². The van der Waals surface area contributed by atoms with Crippen molar-refractivity contribution >= 4 is 26.2 Å². The molecule has 1 aromatic carbocycles. The zero-order valence-electron chi connectivity index (χ0n) is 11.5. The molecule has 1 rings (SSSR count). The van der Waals surface area contributed by atoms with Crippen LogP contribution in [0.3, 0.4) is 0 Å². The second-order valence-corrected chi connectivity index (χ2v) is 6.69. The molecule has 0 heterocycles. The van der Waals surface area contributed by atoms with Gasteiger partial charge in [-0.25, -0.2) is 0 Å². The number of hydrogen-bond acceptors (Lipinski definition) is 4. The summed E-state index contributed by atoms with van der Waals surface area (Å²) in [6.45, 7) is 0. The molecule has 1 aromatic rings. The number of ether oxygens (including phenoxy) is 1. The molecule has 0 aliphatic heterocycles. The number of hydrogen-bond donors (Lipinski definition) is 0. The summed E-state index contributed by atoms with van der Waals surface area (Å²) >= 11 is 0. The predicted octanol–water partition coefficient (Wildman–Crippen LogP) is 1.37. The quantitative estimate of drug-likeness (QED) is 0.588. The number of rotatable bonds is 6. The Balaban J connectivity index is 2.75. The Hall–Kier alpha value is -0.770. The van der Waals surface area contributed by atoms with Crippen LogP contribution in [-0.2, 0) is 32.5 Å². The van der Waals surface area contributed by atoms with Crippen molar-refractivity contribution < 1.29 is 13.7 Å². The molecule has 3 atom stereocenters. The third-order valence-corrected chi connectivity index (χ3v) is 3.89. The average Bonchev–Trinajstić information content (AvgIpc) is 2.36. The van der Waals surface area contributed by atoms with Crippen LogP contribution < -0.4 is 0 Å². The number of nitrogens with zero attached hydrogens (tertiary/aromatic N) is 1. The predicted molar refractivity (Wildman–Crippen MR) is 81.2 cm³/mol. The van der Waals surface area contributed by atoms with Gasteiger partial charge in [0, 0.05) is 22.8 Å². The van der Waals surface area contributed by atoms with Gasteiger partial charge in [0.25, 0.3) is 0 Å². The summed E-state index contributed by atoms with van der Waals surface area (Å²) in [4.78, 5) is 11.7. The van der Waals surface area contributed by atoms with Gasteiger partial charge in [-0.3, -0.25) is 13.7 Å². The molecule has 0 N–H and O–H groups in total. The van der Waals surface area contributed by atoms with E-state index in [-0.39, 0.29) is 12.0 Å². The van der Waals surface area contributed by atoms with Crippen LogP contribution in [0.15, 0.2) is 24.3 Å². The van der Waals surface area contributed by atoms with E-state index < -0.39 is 10.8 Å². The second kappa shape index (κ2) is 7.73. The minimum Gasteiger partial charge on any atom is -0.468 e. The number of carbonyl (C=O) groups excluding carboxylic acids is 1. The first-order valence-corrected chi connectivity index (χ1v) is 8.11. The highest BCUT2D eigenvalue weighted by Crippen LogP contribution is 2.14. The fourth-order valence-electron chi connectivity index (χ4n) is 1.76. The van der Waals surface area contributed by atoms with Crippen LogP contribution >= 0.6 is 9.39 Å². The van der Waals surface area contributed by atoms with Crippen molar-refractivity contribution in [3.05, 3.63) is 35.4 Å². The van der Waals surface area contributed by atoms with Gasteiger partial charge in [0.05, 0.1) is 7.11 Å². The molecule has 0 fully saturated rings. The molecule has 0 bridgehead atoms. The van der Waals surface area contributed by atoms with E-state index in [1.165, 1.54) is 7.11 Å². The highest BCUT2D eigenvalue weighted by molar-refractivity contribution is 7.83. The second-order valence-electron chi connectivity index (χ2n) is 4.44. The van der Waals surface area contributed by atoms with Gasteiger partial charge in [-0.15, -0.1) is 0 Å². The summed E-state index contributed by atoms with van der Waals surface area (Å²) in [6, 6.07) is 7.52. The standard InChI is InChI=1S/C13H20NO3PS/c1-14(18)12(13(15)17-2)8-10-4-6-11(7-5-10)9-19(3)16/h4-7,12H,8-9,18H2,1-3H3/t12-,19?/m0/s1. The summed E-state index contributed by atoms with van der Waals surface area (Å²) in [6.07, 6.45) is 2.27. The third-order valence-electron chi connectivity index (χ3n) is 2.79. The zero-order valence-corrected chi connectivity index (χ0v) is 13.4. The van der Waals surface area contributed by atoms with Crippen molar-refractivity contribution in [2.24, 2.45) is 0 Å². The molecular formula is C13H20NO3PS. The van der Waals surface area contributed by atoms with Gasteiger partial charge in [-0.1, -0.05) is 33.7 Å². The molecular weight excluding hydrogens is 281 g/mol. The van der Waals surface area contributed by atoms with Crippen molar-refractivity contribution in [2.45, 2.75) is 18.2 Å². The van der Waals surface area contributed by atoms with Gasteiger partial charge in [-0.05, 0) is 24.6 Å². The van der Waals surface area contributed by atoms with E-state index in [4.69, 9.17) is 4.74 Å². The molecule has 106 valence electrons. The number of methoxy groups -OCH3 is 1. The fraction of sp³-hybridized carbons (Fsp3) is 0.462. The molecule has 0 aliphatic carbocycles. The van der Waals surface area contributed by atoms with Crippen molar-refractivity contribution in [2.75, 3.05) is 20.4 Å². The molecule has 4 nitrogen and oxygen atoms in total. The lowest BCUT2D eigenvalue weighted by molar-refractivity contribution is -0.144. The molecule has 0 radical (unpaired) electrons. The van der Waals surface area contributed by atoms with Crippen LogP contribution in [-0.4, -0.2) is 41.3 Å². The highest BCUT2D eigenvalue weighted by Gasteiger charge is 2.21. The Kier molecular flexibility index (Phi) is 6.63. The molecule has 0 saturated carbocycles. The van der Waals surface area contributed by atoms with E-state index in [1.54, 1.807) is 10.9 Å². The number of benzene rings is 1. The van der Waals surface area contributed by atoms with Crippen molar-refractivity contribution in [3.8, 4) is 0 Å². The highest BCUT2D eigenvalue weighted by atomic mass is 32.2. The molecule has 6 heteroatoms. The van der Waals surface area contributed by atoms with Gasteiger partial charge >= 0.3 is 5.97 Å². The van der Waals surface area contributed by atoms with Crippen LogP contribution in [0, 0.1) is 0 Å². The molecule has 0 aliphatic rings. The van der Waals surface area contributed by atoms with E-state index in [9.17, 15) is 9.00 Å². The first-order valence-electron chi connectivity index (χ1n) is 5.87. The third kappa shape index (κ3) is 5.39. The Labute approximate surface area is 119 Å². The normalized spacial score (nSPS) is 14.2. The monoisotopic (exact) mass is 301 g/mol. The van der Waals surface area contributed by atoms with Gasteiger partial charge in [-0.2, -0.15) is 0 Å². The summed E-state index contributed by atoms with van der Waals surface area (Å²) in [5.74, 6) is 0.306. The lowest BCUT2D eigenvalue weighted by atomic mass is 10.0. The molecule has 0 aromatic heterocycles. The van der Waals surface area contributed by atoms with Gasteiger partial charge in [0.2, 0.25) is 0 Å². The lowest BCUT2D eigenvalue weighted by Gasteiger charge is -2.21. The average molecular weight is 301 g/mol. The number of likely N-dealkylation sites (N-methyl/N-ethyl adjacent to an activating group) is 1. The molecule has 0 spiro atoms. The molecule has 2 unspecified atom stereocenters. The SMILES string of the molecule is COC(=O)[C@H](Cc1ccc(CS(C)=O)cc1)N(C)P. The lowest BCUT2D eigenvalue weighted by Crippen LogP contribution is -2.35. The van der Waals surface area contributed by atoms with Crippen LogP contribution in [0.1, 0.15) is 11.1 Å². The summed E-state index contributed by atoms with van der Waals surface area (Å²) in [5, 5.41) is 0. The number of carbonyl (C=O) groups is 1. The van der Waals surface area contributed by atoms with Crippen molar-refractivity contribution in [1.29, 1.82) is 0 Å². The Bertz CT molecular complexity index is 448. The van der Waals surface area contributed by atoms with Crippen LogP contribution in [0.5, 0.6) is 0 Å². The smallest absolute Gasteiger partial charge is 0.323 e. The summed E-state index contributed by atoms with van der Waals surface area (Å²) in [7, 11) is 4.87. The summed E-state index contributed by atoms with van der Waals surface area (Å²) < 4.78 is 17.7. The van der Waals surface area contributed by atoms with Crippen LogP contribution in [0.25, 0.3) is 0 Å².